The van der Waals surface area contributed by atoms with Crippen molar-refractivity contribution in [3.8, 4) is 0 Å². The molecule has 2 saturated carbocycles. The summed E-state index contributed by atoms with van der Waals surface area (Å²) in [5, 5.41) is 0. The number of allylic oxidation sites excluding steroid dienone is 2. The average molecular weight is 319 g/mol. The van der Waals surface area contributed by atoms with E-state index in [1.807, 2.05) is 0 Å². The minimum Gasteiger partial charge on any atom is -0.378 e. The Labute approximate surface area is 144 Å². The molecular formula is C22H38O. The molecule has 0 unspecified atom stereocenters. The molecule has 0 aromatic carbocycles. The first-order chi connectivity index (χ1) is 11.3. The summed E-state index contributed by atoms with van der Waals surface area (Å²) in [6.07, 6.45) is 23.3. The van der Waals surface area contributed by atoms with Gasteiger partial charge in [0.15, 0.2) is 0 Å². The van der Waals surface area contributed by atoms with Crippen molar-refractivity contribution >= 4 is 0 Å². The SMILES string of the molecule is C=CCCC1CCC(C2CCC(OCC/C=C\CC)CC2)CC1. The molecule has 0 aromatic heterocycles. The van der Waals surface area contributed by atoms with E-state index in [2.05, 4.69) is 31.7 Å². The Bertz CT molecular complexity index is 330. The van der Waals surface area contributed by atoms with E-state index in [0.29, 0.717) is 6.10 Å². The molecule has 0 saturated heterocycles. The van der Waals surface area contributed by atoms with Crippen LogP contribution in [-0.2, 0) is 4.74 Å². The Hall–Kier alpha value is -0.560. The molecular weight excluding hydrogens is 280 g/mol. The first-order valence-electron chi connectivity index (χ1n) is 10.2. The maximum absolute atomic E-state index is 6.07. The van der Waals surface area contributed by atoms with E-state index in [-0.39, 0.29) is 0 Å². The smallest absolute Gasteiger partial charge is 0.0575 e. The summed E-state index contributed by atoms with van der Waals surface area (Å²) >= 11 is 0. The van der Waals surface area contributed by atoms with E-state index in [4.69, 9.17) is 4.74 Å². The normalized spacial score (nSPS) is 32.2. The van der Waals surface area contributed by atoms with Crippen LogP contribution in [0.25, 0.3) is 0 Å². The third-order valence-electron chi connectivity index (χ3n) is 6.10. The van der Waals surface area contributed by atoms with Gasteiger partial charge in [-0.25, -0.2) is 0 Å². The molecule has 0 N–H and O–H groups in total. The number of hydrogen-bond donors (Lipinski definition) is 0. The van der Waals surface area contributed by atoms with Crippen LogP contribution in [0, 0.1) is 17.8 Å². The fourth-order valence-corrected chi connectivity index (χ4v) is 4.62. The summed E-state index contributed by atoms with van der Waals surface area (Å²) in [4.78, 5) is 0. The lowest BCUT2D eigenvalue weighted by molar-refractivity contribution is 0.00913. The van der Waals surface area contributed by atoms with Crippen LogP contribution in [0.15, 0.2) is 24.8 Å². The first kappa shape index (κ1) is 18.8. The highest BCUT2D eigenvalue weighted by Gasteiger charge is 2.30. The Morgan fingerprint density at radius 2 is 1.52 bits per heavy atom. The molecule has 1 heteroatoms. The van der Waals surface area contributed by atoms with Gasteiger partial charge in [-0.05, 0) is 82.0 Å². The fourth-order valence-electron chi connectivity index (χ4n) is 4.62. The standard InChI is InChI=1S/C22H38O/c1-3-5-7-8-18-23-22-16-14-21(15-17-22)20-12-10-19(11-13-20)9-6-4-2/h4-5,7,19-22H,2-3,6,8-18H2,1H3/b7-5-. The molecule has 0 heterocycles. The van der Waals surface area contributed by atoms with E-state index in [1.54, 1.807) is 0 Å². The van der Waals surface area contributed by atoms with Crippen LogP contribution < -0.4 is 0 Å². The molecule has 0 atom stereocenters. The molecule has 0 radical (unpaired) electrons. The lowest BCUT2D eigenvalue weighted by Crippen LogP contribution is -2.28. The van der Waals surface area contributed by atoms with Crippen molar-refractivity contribution in [2.45, 2.75) is 90.1 Å². The van der Waals surface area contributed by atoms with Crippen molar-refractivity contribution in [1.82, 2.24) is 0 Å². The Morgan fingerprint density at radius 1 is 0.870 bits per heavy atom. The fraction of sp³-hybridized carbons (Fsp3) is 0.818. The van der Waals surface area contributed by atoms with Crippen molar-refractivity contribution in [3.63, 3.8) is 0 Å². The summed E-state index contributed by atoms with van der Waals surface area (Å²) in [7, 11) is 0. The monoisotopic (exact) mass is 318 g/mol. The van der Waals surface area contributed by atoms with Gasteiger partial charge in [-0.15, -0.1) is 6.58 Å². The quantitative estimate of drug-likeness (QED) is 0.340. The van der Waals surface area contributed by atoms with Gasteiger partial charge in [-0.1, -0.05) is 38.0 Å². The van der Waals surface area contributed by atoms with E-state index in [1.165, 1.54) is 64.2 Å². The van der Waals surface area contributed by atoms with Gasteiger partial charge in [0.05, 0.1) is 12.7 Å². The summed E-state index contributed by atoms with van der Waals surface area (Å²) in [6.45, 7) is 6.96. The number of ether oxygens (including phenoxy) is 1. The lowest BCUT2D eigenvalue weighted by atomic mass is 9.70. The predicted molar refractivity (Wildman–Crippen MR) is 101 cm³/mol. The van der Waals surface area contributed by atoms with Gasteiger partial charge >= 0.3 is 0 Å². The zero-order valence-electron chi connectivity index (χ0n) is 15.3. The maximum Gasteiger partial charge on any atom is 0.0575 e. The van der Waals surface area contributed by atoms with Crippen LogP contribution >= 0.6 is 0 Å². The minimum atomic E-state index is 0.546. The molecule has 2 aliphatic rings. The second kappa shape index (κ2) is 11.1. The molecule has 0 aromatic rings. The van der Waals surface area contributed by atoms with Gasteiger partial charge in [-0.2, -0.15) is 0 Å². The van der Waals surface area contributed by atoms with Gasteiger partial charge in [0.2, 0.25) is 0 Å². The number of rotatable bonds is 9. The summed E-state index contributed by atoms with van der Waals surface area (Å²) in [6, 6.07) is 0. The van der Waals surface area contributed by atoms with Crippen molar-refractivity contribution in [1.29, 1.82) is 0 Å². The summed E-state index contributed by atoms with van der Waals surface area (Å²) in [5.74, 6) is 3.00. The summed E-state index contributed by atoms with van der Waals surface area (Å²) < 4.78 is 6.07. The van der Waals surface area contributed by atoms with Crippen molar-refractivity contribution in [3.05, 3.63) is 24.8 Å². The highest BCUT2D eigenvalue weighted by Crippen LogP contribution is 2.41. The third-order valence-corrected chi connectivity index (χ3v) is 6.10. The van der Waals surface area contributed by atoms with Crippen LogP contribution in [-0.4, -0.2) is 12.7 Å². The minimum absolute atomic E-state index is 0.546. The topological polar surface area (TPSA) is 9.23 Å². The number of hydrogen-bond acceptors (Lipinski definition) is 1. The molecule has 2 fully saturated rings. The molecule has 2 aliphatic carbocycles. The van der Waals surface area contributed by atoms with E-state index < -0.39 is 0 Å². The predicted octanol–water partition coefficient (Wildman–Crippen LogP) is 6.69. The molecule has 132 valence electrons. The molecule has 2 rings (SSSR count). The highest BCUT2D eigenvalue weighted by atomic mass is 16.5. The zero-order chi connectivity index (χ0) is 16.3. The molecule has 0 aliphatic heterocycles. The van der Waals surface area contributed by atoms with E-state index >= 15 is 0 Å². The van der Waals surface area contributed by atoms with Crippen LogP contribution in [0.2, 0.25) is 0 Å². The Balaban J connectivity index is 1.58. The summed E-state index contributed by atoms with van der Waals surface area (Å²) in [5.41, 5.74) is 0. The van der Waals surface area contributed by atoms with Crippen LogP contribution in [0.5, 0.6) is 0 Å². The van der Waals surface area contributed by atoms with Crippen LogP contribution in [0.3, 0.4) is 0 Å². The maximum atomic E-state index is 6.07. The first-order valence-corrected chi connectivity index (χ1v) is 10.2. The molecule has 1 nitrogen and oxygen atoms in total. The molecule has 23 heavy (non-hydrogen) atoms. The van der Waals surface area contributed by atoms with Crippen LogP contribution in [0.1, 0.15) is 84.0 Å². The van der Waals surface area contributed by atoms with Crippen molar-refractivity contribution < 1.29 is 4.74 Å². The highest BCUT2D eigenvalue weighted by molar-refractivity contribution is 4.84. The van der Waals surface area contributed by atoms with Gasteiger partial charge in [-0.3, -0.25) is 0 Å². The largest absolute Gasteiger partial charge is 0.378 e. The second-order valence-electron chi connectivity index (χ2n) is 7.72. The van der Waals surface area contributed by atoms with Crippen LogP contribution in [0.4, 0.5) is 0 Å². The molecule has 0 bridgehead atoms. The van der Waals surface area contributed by atoms with E-state index in [9.17, 15) is 0 Å². The van der Waals surface area contributed by atoms with Gasteiger partial charge in [0.25, 0.3) is 0 Å². The third kappa shape index (κ3) is 6.83. The average Bonchev–Trinajstić information content (AvgIpc) is 2.61. The van der Waals surface area contributed by atoms with Gasteiger partial charge < -0.3 is 4.74 Å². The van der Waals surface area contributed by atoms with E-state index in [0.717, 1.165) is 37.2 Å². The van der Waals surface area contributed by atoms with Gasteiger partial charge in [0, 0.05) is 0 Å². The molecule has 0 amide bonds. The van der Waals surface area contributed by atoms with Gasteiger partial charge in [0.1, 0.15) is 0 Å². The van der Waals surface area contributed by atoms with Crippen molar-refractivity contribution in [2.75, 3.05) is 6.61 Å². The molecule has 0 spiro atoms. The lowest BCUT2D eigenvalue weighted by Gasteiger charge is -2.37. The Morgan fingerprint density at radius 3 is 2.13 bits per heavy atom. The zero-order valence-corrected chi connectivity index (χ0v) is 15.3. The van der Waals surface area contributed by atoms with Crippen molar-refractivity contribution in [2.24, 2.45) is 17.8 Å². The second-order valence-corrected chi connectivity index (χ2v) is 7.72. The Kier molecular flexibility index (Phi) is 9.04.